The highest BCUT2D eigenvalue weighted by Crippen LogP contribution is 2.31. The normalized spacial score (nSPS) is 17.0. The van der Waals surface area contributed by atoms with Gasteiger partial charge in [-0.1, -0.05) is 42.8 Å². The fourth-order valence-electron chi connectivity index (χ4n) is 5.25. The summed E-state index contributed by atoms with van der Waals surface area (Å²) in [6.45, 7) is 5.20. The number of nitrogens with one attached hydrogen (secondary N) is 1. The first-order valence-electron chi connectivity index (χ1n) is 13.8. The Balaban J connectivity index is 1.30. The van der Waals surface area contributed by atoms with Crippen LogP contribution in [-0.4, -0.2) is 62.6 Å². The van der Waals surface area contributed by atoms with E-state index in [1.165, 1.54) is 4.90 Å². The van der Waals surface area contributed by atoms with Gasteiger partial charge in [0.15, 0.2) is 0 Å². The van der Waals surface area contributed by atoms with Gasteiger partial charge in [-0.25, -0.2) is 9.97 Å². The monoisotopic (exact) mass is 563 g/mol. The number of pyridine rings is 1. The molecule has 2 aromatic heterocycles. The molecule has 1 aromatic carbocycles. The fourth-order valence-corrected chi connectivity index (χ4v) is 5.45. The summed E-state index contributed by atoms with van der Waals surface area (Å²) in [5, 5.41) is 13.3. The second-order valence-electron chi connectivity index (χ2n) is 10.4. The lowest BCUT2D eigenvalue weighted by atomic mass is 9.96. The molecule has 0 bridgehead atoms. The van der Waals surface area contributed by atoms with Crippen molar-refractivity contribution in [2.75, 3.05) is 19.8 Å². The first-order valence-corrected chi connectivity index (χ1v) is 14.1. The van der Waals surface area contributed by atoms with Crippen LogP contribution < -0.4 is 5.32 Å². The molecular formula is C30H34ClN5O4. The average Bonchev–Trinajstić information content (AvgIpc) is 3.32. The van der Waals surface area contributed by atoms with Crippen LogP contribution in [0.25, 0.3) is 11.3 Å². The maximum atomic E-state index is 13.4. The Bertz CT molecular complexity index is 1390. The largest absolute Gasteiger partial charge is 0.394 e. The summed E-state index contributed by atoms with van der Waals surface area (Å²) < 4.78 is 5.45. The standard InChI is InChI=1S/C30H34ClN5O4/c1-3-19-5-4-6-21(11-19)26(17-37)34-29(38)18(2)36-16-25-23(30(36)39)13-22(14-32-25)28-24(31)15-33-27(35-28)12-20-7-9-40-10-8-20/h4-6,11,13-15,18,20,26,37H,3,7-10,12,16-17H2,1-2H3,(H,34,38)/t18-,26-/m1/s1. The maximum absolute atomic E-state index is 13.4. The van der Waals surface area contributed by atoms with Gasteiger partial charge in [0.25, 0.3) is 5.91 Å². The molecule has 10 heteroatoms. The number of ether oxygens (including phenoxy) is 1. The minimum Gasteiger partial charge on any atom is -0.394 e. The van der Waals surface area contributed by atoms with Crippen molar-refractivity contribution in [3.8, 4) is 11.3 Å². The molecule has 0 spiro atoms. The first kappa shape index (κ1) is 28.1. The first-order chi connectivity index (χ1) is 19.4. The third-order valence-electron chi connectivity index (χ3n) is 7.77. The highest BCUT2D eigenvalue weighted by molar-refractivity contribution is 6.32. The smallest absolute Gasteiger partial charge is 0.256 e. The second-order valence-corrected chi connectivity index (χ2v) is 10.8. The molecular weight excluding hydrogens is 530 g/mol. The van der Waals surface area contributed by atoms with E-state index in [1.54, 1.807) is 25.4 Å². The molecule has 2 amide bonds. The summed E-state index contributed by atoms with van der Waals surface area (Å²) in [5.74, 6) is 0.532. The summed E-state index contributed by atoms with van der Waals surface area (Å²) in [6, 6.07) is 8.18. The van der Waals surface area contributed by atoms with E-state index >= 15 is 0 Å². The Morgan fingerprint density at radius 1 is 1.23 bits per heavy atom. The molecule has 2 atom stereocenters. The molecule has 0 saturated carbocycles. The van der Waals surface area contributed by atoms with E-state index in [0.29, 0.717) is 39.3 Å². The van der Waals surface area contributed by atoms with Gasteiger partial charge in [-0.3, -0.25) is 14.6 Å². The maximum Gasteiger partial charge on any atom is 0.256 e. The molecule has 0 radical (unpaired) electrons. The number of carbonyl (C=O) groups is 2. The quantitative estimate of drug-likeness (QED) is 0.405. The number of nitrogens with zero attached hydrogens (tertiary/aromatic N) is 4. The van der Waals surface area contributed by atoms with Gasteiger partial charge in [0.1, 0.15) is 11.9 Å². The van der Waals surface area contributed by atoms with Crippen LogP contribution in [0.15, 0.2) is 42.7 Å². The van der Waals surface area contributed by atoms with Crippen molar-refractivity contribution in [1.82, 2.24) is 25.2 Å². The van der Waals surface area contributed by atoms with Gasteiger partial charge in [-0.2, -0.15) is 0 Å². The van der Waals surface area contributed by atoms with Crippen molar-refractivity contribution in [3.63, 3.8) is 0 Å². The lowest BCUT2D eigenvalue weighted by Crippen LogP contribution is -2.46. The van der Waals surface area contributed by atoms with Crippen LogP contribution in [0.2, 0.25) is 5.02 Å². The van der Waals surface area contributed by atoms with Gasteiger partial charge >= 0.3 is 0 Å². The third kappa shape index (κ3) is 6.01. The number of aromatic nitrogens is 3. The van der Waals surface area contributed by atoms with Crippen molar-refractivity contribution >= 4 is 23.4 Å². The number of hydrogen-bond acceptors (Lipinski definition) is 7. The van der Waals surface area contributed by atoms with E-state index in [0.717, 1.165) is 50.0 Å². The topological polar surface area (TPSA) is 118 Å². The molecule has 2 aliphatic heterocycles. The number of rotatable bonds is 9. The van der Waals surface area contributed by atoms with E-state index in [1.807, 2.05) is 24.3 Å². The SMILES string of the molecule is CCc1cccc([C@@H](CO)NC(=O)[C@@H](C)N2Cc3ncc(-c4nc(CC5CCOCC5)ncc4Cl)cc3C2=O)c1. The van der Waals surface area contributed by atoms with Crippen molar-refractivity contribution in [3.05, 3.63) is 76.0 Å². The Kier molecular flexibility index (Phi) is 8.73. The summed E-state index contributed by atoms with van der Waals surface area (Å²) in [7, 11) is 0. The number of carbonyl (C=O) groups excluding carboxylic acids is 2. The minimum atomic E-state index is -0.762. The Morgan fingerprint density at radius 3 is 2.77 bits per heavy atom. The van der Waals surface area contributed by atoms with Crippen LogP contribution in [0.4, 0.5) is 0 Å². The van der Waals surface area contributed by atoms with Crippen LogP contribution in [0.3, 0.4) is 0 Å². The number of aliphatic hydroxyl groups excluding tert-OH is 1. The summed E-state index contributed by atoms with van der Waals surface area (Å²) in [4.78, 5) is 41.8. The van der Waals surface area contributed by atoms with E-state index in [9.17, 15) is 14.7 Å². The molecule has 3 aromatic rings. The van der Waals surface area contributed by atoms with Gasteiger partial charge in [0, 0.05) is 37.6 Å². The lowest BCUT2D eigenvalue weighted by molar-refractivity contribution is -0.126. The van der Waals surface area contributed by atoms with Gasteiger partial charge < -0.3 is 20.1 Å². The van der Waals surface area contributed by atoms with Gasteiger partial charge in [0.05, 0.1) is 41.2 Å². The van der Waals surface area contributed by atoms with E-state index in [2.05, 4.69) is 22.2 Å². The number of halogens is 1. The number of hydrogen-bond donors (Lipinski definition) is 2. The van der Waals surface area contributed by atoms with E-state index < -0.39 is 12.1 Å². The van der Waals surface area contributed by atoms with Crippen molar-refractivity contribution in [2.45, 2.75) is 58.2 Å². The minimum absolute atomic E-state index is 0.213. The van der Waals surface area contributed by atoms with Crippen molar-refractivity contribution in [2.24, 2.45) is 5.92 Å². The Hall–Kier alpha value is -3.40. The number of amides is 2. The predicted molar refractivity (Wildman–Crippen MR) is 151 cm³/mol. The Labute approximate surface area is 239 Å². The lowest BCUT2D eigenvalue weighted by Gasteiger charge is -2.26. The summed E-state index contributed by atoms with van der Waals surface area (Å²) in [5.41, 5.74) is 4.11. The van der Waals surface area contributed by atoms with Crippen LogP contribution in [0.5, 0.6) is 0 Å². The zero-order valence-electron chi connectivity index (χ0n) is 22.8. The molecule has 1 saturated heterocycles. The Morgan fingerprint density at radius 2 is 2.02 bits per heavy atom. The zero-order valence-corrected chi connectivity index (χ0v) is 23.5. The van der Waals surface area contributed by atoms with Gasteiger partial charge in [0.2, 0.25) is 5.91 Å². The highest BCUT2D eigenvalue weighted by Gasteiger charge is 2.36. The molecule has 1 fully saturated rings. The van der Waals surface area contributed by atoms with Crippen LogP contribution >= 0.6 is 11.6 Å². The third-order valence-corrected chi connectivity index (χ3v) is 8.05. The zero-order chi connectivity index (χ0) is 28.2. The molecule has 5 rings (SSSR count). The number of benzene rings is 1. The number of fused-ring (bicyclic) bond motifs is 1. The van der Waals surface area contributed by atoms with Crippen LogP contribution in [0, 0.1) is 5.92 Å². The highest BCUT2D eigenvalue weighted by atomic mass is 35.5. The molecule has 210 valence electrons. The fraction of sp³-hybridized carbons (Fsp3) is 0.433. The molecule has 0 aliphatic carbocycles. The number of aliphatic hydroxyl groups is 1. The van der Waals surface area contributed by atoms with Crippen molar-refractivity contribution < 1.29 is 19.4 Å². The van der Waals surface area contributed by atoms with Gasteiger partial charge in [-0.15, -0.1) is 0 Å². The molecule has 9 nitrogen and oxygen atoms in total. The molecule has 2 aliphatic rings. The predicted octanol–water partition coefficient (Wildman–Crippen LogP) is 3.92. The molecule has 4 heterocycles. The van der Waals surface area contributed by atoms with Crippen LogP contribution in [0.1, 0.15) is 65.7 Å². The number of aryl methyl sites for hydroxylation is 1. The molecule has 2 N–H and O–H groups in total. The summed E-state index contributed by atoms with van der Waals surface area (Å²) >= 11 is 6.47. The molecule has 40 heavy (non-hydrogen) atoms. The van der Waals surface area contributed by atoms with Gasteiger partial charge in [-0.05, 0) is 49.3 Å². The second kappa shape index (κ2) is 12.4. The average molecular weight is 564 g/mol. The van der Waals surface area contributed by atoms with E-state index in [-0.39, 0.29) is 25.0 Å². The van der Waals surface area contributed by atoms with Crippen LogP contribution in [-0.2, 0) is 28.9 Å². The van der Waals surface area contributed by atoms with Crippen molar-refractivity contribution in [1.29, 1.82) is 0 Å². The molecule has 0 unspecified atom stereocenters. The van der Waals surface area contributed by atoms with E-state index in [4.69, 9.17) is 21.3 Å². The summed E-state index contributed by atoms with van der Waals surface area (Å²) in [6.07, 6.45) is 6.80.